The third-order valence-electron chi connectivity index (χ3n) is 1.68. The van der Waals surface area contributed by atoms with E-state index in [-0.39, 0.29) is 5.91 Å². The summed E-state index contributed by atoms with van der Waals surface area (Å²) in [4.78, 5) is 13.1. The fourth-order valence-electron chi connectivity index (χ4n) is 1.04. The van der Waals surface area contributed by atoms with Gasteiger partial charge < -0.3 is 5.32 Å². The van der Waals surface area contributed by atoms with E-state index in [0.717, 1.165) is 4.88 Å². The molecule has 0 radical (unpaired) electrons. The standard InChI is InChI=1S/C9H9N3OS2/c1-6-2-3-7(15-6)4-10-12-9-11-8(13)5-14-9/h2-4H,5H2,1H3,(H,11,12,13). The zero-order valence-electron chi connectivity index (χ0n) is 8.06. The fraction of sp³-hybridized carbons (Fsp3) is 0.222. The average molecular weight is 239 g/mol. The molecule has 0 spiro atoms. The SMILES string of the molecule is Cc1ccc(C=N/N=C2/NC(=O)CS2)s1. The van der Waals surface area contributed by atoms with Crippen molar-refractivity contribution in [3.63, 3.8) is 0 Å². The zero-order valence-corrected chi connectivity index (χ0v) is 9.69. The number of hydrogen-bond acceptors (Lipinski definition) is 5. The largest absolute Gasteiger partial charge is 0.303 e. The number of thiophene rings is 1. The summed E-state index contributed by atoms with van der Waals surface area (Å²) in [5.41, 5.74) is 0. The summed E-state index contributed by atoms with van der Waals surface area (Å²) in [7, 11) is 0. The molecular weight excluding hydrogens is 230 g/mol. The summed E-state index contributed by atoms with van der Waals surface area (Å²) in [5, 5.41) is 11.0. The van der Waals surface area contributed by atoms with Crippen LogP contribution in [0.25, 0.3) is 0 Å². The number of rotatable bonds is 2. The molecule has 1 saturated heterocycles. The topological polar surface area (TPSA) is 53.8 Å². The van der Waals surface area contributed by atoms with E-state index >= 15 is 0 Å². The van der Waals surface area contributed by atoms with E-state index in [2.05, 4.69) is 15.5 Å². The lowest BCUT2D eigenvalue weighted by atomic mass is 10.4. The van der Waals surface area contributed by atoms with Gasteiger partial charge in [0, 0.05) is 9.75 Å². The van der Waals surface area contributed by atoms with Crippen molar-refractivity contribution in [3.8, 4) is 0 Å². The summed E-state index contributed by atoms with van der Waals surface area (Å²) < 4.78 is 0. The number of thioether (sulfide) groups is 1. The van der Waals surface area contributed by atoms with Crippen LogP contribution in [0.5, 0.6) is 0 Å². The molecule has 15 heavy (non-hydrogen) atoms. The Kier molecular flexibility index (Phi) is 3.17. The maximum absolute atomic E-state index is 10.8. The first-order chi connectivity index (χ1) is 7.24. The second kappa shape index (κ2) is 4.59. The lowest BCUT2D eigenvalue weighted by Crippen LogP contribution is -2.19. The lowest BCUT2D eigenvalue weighted by molar-refractivity contribution is -0.116. The van der Waals surface area contributed by atoms with Crippen molar-refractivity contribution in [2.75, 3.05) is 5.75 Å². The van der Waals surface area contributed by atoms with Crippen molar-refractivity contribution < 1.29 is 4.79 Å². The fourth-order valence-corrected chi connectivity index (χ4v) is 2.41. The van der Waals surface area contributed by atoms with E-state index in [0.29, 0.717) is 10.9 Å². The Morgan fingerprint density at radius 3 is 3.00 bits per heavy atom. The van der Waals surface area contributed by atoms with Crippen molar-refractivity contribution in [2.45, 2.75) is 6.92 Å². The Bertz CT molecular complexity index is 436. The summed E-state index contributed by atoms with van der Waals surface area (Å²) in [6.45, 7) is 2.04. The van der Waals surface area contributed by atoms with Gasteiger partial charge in [0.25, 0.3) is 0 Å². The molecule has 1 aliphatic rings. The minimum atomic E-state index is -0.0130. The third kappa shape index (κ3) is 2.90. The summed E-state index contributed by atoms with van der Waals surface area (Å²) in [6.07, 6.45) is 1.69. The van der Waals surface area contributed by atoms with Crippen molar-refractivity contribution in [1.29, 1.82) is 0 Å². The molecule has 2 rings (SSSR count). The van der Waals surface area contributed by atoms with Gasteiger partial charge in [-0.1, -0.05) is 11.8 Å². The van der Waals surface area contributed by atoms with Crippen LogP contribution in [0.3, 0.4) is 0 Å². The summed E-state index contributed by atoms with van der Waals surface area (Å²) in [6, 6.07) is 4.02. The Balaban J connectivity index is 1.98. The Morgan fingerprint density at radius 2 is 2.40 bits per heavy atom. The highest BCUT2D eigenvalue weighted by Crippen LogP contribution is 2.13. The highest BCUT2D eigenvalue weighted by molar-refractivity contribution is 8.15. The van der Waals surface area contributed by atoms with E-state index in [1.54, 1.807) is 17.6 Å². The molecule has 78 valence electrons. The number of carbonyl (C=O) groups is 1. The van der Waals surface area contributed by atoms with Gasteiger partial charge in [-0.25, -0.2) is 0 Å². The molecule has 2 heterocycles. The van der Waals surface area contributed by atoms with Crippen LogP contribution in [-0.2, 0) is 4.79 Å². The molecule has 0 atom stereocenters. The molecule has 0 unspecified atom stereocenters. The molecule has 1 N–H and O–H groups in total. The van der Waals surface area contributed by atoms with Crippen LogP contribution in [0, 0.1) is 6.92 Å². The van der Waals surface area contributed by atoms with E-state index in [1.165, 1.54) is 16.6 Å². The predicted molar refractivity (Wildman–Crippen MR) is 64.7 cm³/mol. The molecule has 0 bridgehead atoms. The number of amides is 1. The van der Waals surface area contributed by atoms with Gasteiger partial charge >= 0.3 is 0 Å². The first kappa shape index (κ1) is 10.4. The maximum Gasteiger partial charge on any atom is 0.236 e. The molecular formula is C9H9N3OS2. The van der Waals surface area contributed by atoms with Gasteiger partial charge in [-0.15, -0.1) is 16.4 Å². The van der Waals surface area contributed by atoms with Gasteiger partial charge in [0.05, 0.1) is 12.0 Å². The number of nitrogens with zero attached hydrogens (tertiary/aromatic N) is 2. The zero-order chi connectivity index (χ0) is 10.7. The summed E-state index contributed by atoms with van der Waals surface area (Å²) >= 11 is 3.03. The predicted octanol–water partition coefficient (Wildman–Crippen LogP) is 1.61. The number of carbonyl (C=O) groups excluding carboxylic acids is 1. The molecule has 1 aromatic rings. The molecule has 1 fully saturated rings. The highest BCUT2D eigenvalue weighted by atomic mass is 32.2. The molecule has 4 nitrogen and oxygen atoms in total. The first-order valence-electron chi connectivity index (χ1n) is 4.34. The molecule has 1 amide bonds. The molecule has 0 aliphatic carbocycles. The minimum Gasteiger partial charge on any atom is -0.303 e. The average Bonchev–Trinajstić information content (AvgIpc) is 2.76. The number of aryl methyl sites for hydroxylation is 1. The Labute approximate surface area is 95.5 Å². The van der Waals surface area contributed by atoms with E-state index < -0.39 is 0 Å². The first-order valence-corrected chi connectivity index (χ1v) is 6.14. The molecule has 1 aromatic heterocycles. The third-order valence-corrected chi connectivity index (χ3v) is 3.48. The summed E-state index contributed by atoms with van der Waals surface area (Å²) in [5.74, 6) is 0.424. The maximum atomic E-state index is 10.8. The quantitative estimate of drug-likeness (QED) is 0.629. The van der Waals surface area contributed by atoms with E-state index in [1.807, 2.05) is 19.1 Å². The second-order valence-corrected chi connectivity index (χ2v) is 5.22. The van der Waals surface area contributed by atoms with Gasteiger partial charge in [-0.2, -0.15) is 5.10 Å². The van der Waals surface area contributed by atoms with Crippen LogP contribution in [0.1, 0.15) is 9.75 Å². The van der Waals surface area contributed by atoms with Crippen LogP contribution in [-0.4, -0.2) is 23.0 Å². The van der Waals surface area contributed by atoms with Gasteiger partial charge in [-0.3, -0.25) is 4.79 Å². The van der Waals surface area contributed by atoms with Crippen LogP contribution in [0.2, 0.25) is 0 Å². The lowest BCUT2D eigenvalue weighted by Gasteiger charge is -1.88. The van der Waals surface area contributed by atoms with Crippen molar-refractivity contribution in [2.24, 2.45) is 10.2 Å². The van der Waals surface area contributed by atoms with Crippen LogP contribution in [0.4, 0.5) is 0 Å². The molecule has 0 aromatic carbocycles. The van der Waals surface area contributed by atoms with Crippen LogP contribution in [0.15, 0.2) is 22.3 Å². The molecule has 1 aliphatic heterocycles. The van der Waals surface area contributed by atoms with Crippen LogP contribution < -0.4 is 5.32 Å². The van der Waals surface area contributed by atoms with Crippen molar-refractivity contribution >= 4 is 40.4 Å². The van der Waals surface area contributed by atoms with Gasteiger partial charge in [0.2, 0.25) is 5.91 Å². The molecule has 0 saturated carbocycles. The normalized spacial score (nSPS) is 19.0. The molecule has 6 heteroatoms. The number of amidine groups is 1. The van der Waals surface area contributed by atoms with E-state index in [9.17, 15) is 4.79 Å². The van der Waals surface area contributed by atoms with Gasteiger partial charge in [0.1, 0.15) is 0 Å². The van der Waals surface area contributed by atoms with Crippen molar-refractivity contribution in [3.05, 3.63) is 21.9 Å². The van der Waals surface area contributed by atoms with Crippen molar-refractivity contribution in [1.82, 2.24) is 5.32 Å². The Hall–Kier alpha value is -1.14. The van der Waals surface area contributed by atoms with Gasteiger partial charge in [-0.05, 0) is 19.1 Å². The minimum absolute atomic E-state index is 0.0130. The highest BCUT2D eigenvalue weighted by Gasteiger charge is 2.15. The monoisotopic (exact) mass is 239 g/mol. The smallest absolute Gasteiger partial charge is 0.236 e. The Morgan fingerprint density at radius 1 is 1.53 bits per heavy atom. The van der Waals surface area contributed by atoms with Crippen LogP contribution >= 0.6 is 23.1 Å². The van der Waals surface area contributed by atoms with Gasteiger partial charge in [0.15, 0.2) is 5.17 Å². The number of hydrogen-bond donors (Lipinski definition) is 1. The number of nitrogens with one attached hydrogen (secondary N) is 1. The van der Waals surface area contributed by atoms with E-state index in [4.69, 9.17) is 0 Å². The second-order valence-electron chi connectivity index (χ2n) is 2.93.